The predicted octanol–water partition coefficient (Wildman–Crippen LogP) is 2.72. The van der Waals surface area contributed by atoms with Crippen LogP contribution in [0.1, 0.15) is 36.0 Å². The number of carbonyl (C=O) groups is 3. The molecule has 1 saturated heterocycles. The first-order valence-corrected chi connectivity index (χ1v) is 7.28. The van der Waals surface area contributed by atoms with Gasteiger partial charge in [0.15, 0.2) is 0 Å². The van der Waals surface area contributed by atoms with Crippen LogP contribution >= 0.6 is 11.6 Å². The SMILES string of the molecule is O=C(O)c1cc(Cl)cc(N2C(=O)C3CCCCC3C2=O)c1. The lowest BCUT2D eigenvalue weighted by Crippen LogP contribution is -2.31. The van der Waals surface area contributed by atoms with Crippen molar-refractivity contribution in [1.82, 2.24) is 0 Å². The molecule has 6 heteroatoms. The molecule has 21 heavy (non-hydrogen) atoms. The molecule has 2 aliphatic rings. The zero-order valence-electron chi connectivity index (χ0n) is 11.2. The van der Waals surface area contributed by atoms with Crippen LogP contribution in [0.3, 0.4) is 0 Å². The molecule has 0 radical (unpaired) electrons. The van der Waals surface area contributed by atoms with Crippen molar-refractivity contribution in [2.24, 2.45) is 11.8 Å². The number of carboxylic acid groups (broad SMARTS) is 1. The van der Waals surface area contributed by atoms with E-state index in [4.69, 9.17) is 16.7 Å². The van der Waals surface area contributed by atoms with E-state index in [1.165, 1.54) is 18.2 Å². The molecule has 0 aromatic heterocycles. The standard InChI is InChI=1S/C15H14ClNO4/c16-9-5-8(15(20)21)6-10(7-9)17-13(18)11-3-1-2-4-12(11)14(17)19/h5-7,11-12H,1-4H2,(H,20,21). The van der Waals surface area contributed by atoms with E-state index in [9.17, 15) is 14.4 Å². The lowest BCUT2D eigenvalue weighted by molar-refractivity contribution is -0.122. The zero-order valence-corrected chi connectivity index (χ0v) is 12.0. The van der Waals surface area contributed by atoms with E-state index >= 15 is 0 Å². The molecule has 1 aliphatic heterocycles. The number of nitrogens with zero attached hydrogens (tertiary/aromatic N) is 1. The number of benzene rings is 1. The first-order chi connectivity index (χ1) is 9.99. The van der Waals surface area contributed by atoms with Crippen LogP contribution in [0.25, 0.3) is 0 Å². The highest BCUT2D eigenvalue weighted by Crippen LogP contribution is 2.40. The van der Waals surface area contributed by atoms with Gasteiger partial charge in [0, 0.05) is 5.02 Å². The molecule has 0 spiro atoms. The fourth-order valence-corrected chi connectivity index (χ4v) is 3.47. The average Bonchev–Trinajstić information content (AvgIpc) is 2.71. The predicted molar refractivity (Wildman–Crippen MR) is 76.4 cm³/mol. The number of hydrogen-bond donors (Lipinski definition) is 1. The summed E-state index contributed by atoms with van der Waals surface area (Å²) < 4.78 is 0. The summed E-state index contributed by atoms with van der Waals surface area (Å²) in [4.78, 5) is 37.1. The molecule has 2 atom stereocenters. The van der Waals surface area contributed by atoms with E-state index < -0.39 is 5.97 Å². The number of aromatic carboxylic acids is 1. The minimum absolute atomic E-state index is 0.0343. The Labute approximate surface area is 126 Å². The summed E-state index contributed by atoms with van der Waals surface area (Å²) in [6.07, 6.45) is 3.34. The number of amides is 2. The maximum Gasteiger partial charge on any atom is 0.335 e. The van der Waals surface area contributed by atoms with Crippen molar-refractivity contribution in [2.45, 2.75) is 25.7 Å². The molecule has 1 aromatic rings. The minimum Gasteiger partial charge on any atom is -0.478 e. The van der Waals surface area contributed by atoms with Crippen molar-refractivity contribution in [3.05, 3.63) is 28.8 Å². The lowest BCUT2D eigenvalue weighted by Gasteiger charge is -2.19. The van der Waals surface area contributed by atoms with Crippen molar-refractivity contribution in [1.29, 1.82) is 0 Å². The smallest absolute Gasteiger partial charge is 0.335 e. The Bertz CT molecular complexity index is 619. The van der Waals surface area contributed by atoms with Gasteiger partial charge in [0.2, 0.25) is 11.8 Å². The van der Waals surface area contributed by atoms with Crippen LogP contribution < -0.4 is 4.90 Å². The molecule has 2 amide bonds. The molecule has 110 valence electrons. The molecule has 1 saturated carbocycles. The molecule has 2 unspecified atom stereocenters. The summed E-state index contributed by atoms with van der Waals surface area (Å²) in [6, 6.07) is 4.08. The molecule has 3 rings (SSSR count). The van der Waals surface area contributed by atoms with Crippen molar-refractivity contribution >= 4 is 35.1 Å². The number of imide groups is 1. The van der Waals surface area contributed by atoms with Crippen LogP contribution in [0.5, 0.6) is 0 Å². The molecule has 1 aromatic carbocycles. The third-order valence-electron chi connectivity index (χ3n) is 4.23. The molecule has 1 heterocycles. The van der Waals surface area contributed by atoms with Crippen LogP contribution in [-0.4, -0.2) is 22.9 Å². The Hall–Kier alpha value is -1.88. The number of rotatable bonds is 2. The molecule has 5 nitrogen and oxygen atoms in total. The van der Waals surface area contributed by atoms with Crippen molar-refractivity contribution in [3.63, 3.8) is 0 Å². The van der Waals surface area contributed by atoms with Gasteiger partial charge in [-0.15, -0.1) is 0 Å². The Balaban J connectivity index is 2.02. The first-order valence-electron chi connectivity index (χ1n) is 6.91. The highest BCUT2D eigenvalue weighted by atomic mass is 35.5. The highest BCUT2D eigenvalue weighted by molar-refractivity contribution is 6.32. The van der Waals surface area contributed by atoms with Gasteiger partial charge in [-0.1, -0.05) is 24.4 Å². The summed E-state index contributed by atoms with van der Waals surface area (Å²) in [5.41, 5.74) is 0.220. The number of carboxylic acids is 1. The van der Waals surface area contributed by atoms with E-state index in [-0.39, 0.29) is 39.9 Å². The Kier molecular flexibility index (Phi) is 3.45. The molecular formula is C15H14ClNO4. The number of carbonyl (C=O) groups excluding carboxylic acids is 2. The summed E-state index contributed by atoms with van der Waals surface area (Å²) in [5.74, 6) is -2.14. The van der Waals surface area contributed by atoms with Crippen LogP contribution in [0, 0.1) is 11.8 Å². The van der Waals surface area contributed by atoms with Crippen LogP contribution in [-0.2, 0) is 9.59 Å². The van der Waals surface area contributed by atoms with E-state index in [1.54, 1.807) is 0 Å². The lowest BCUT2D eigenvalue weighted by atomic mass is 9.81. The highest BCUT2D eigenvalue weighted by Gasteiger charge is 2.48. The second kappa shape index (κ2) is 5.15. The Morgan fingerprint density at radius 3 is 2.19 bits per heavy atom. The van der Waals surface area contributed by atoms with Crippen LogP contribution in [0.4, 0.5) is 5.69 Å². The molecule has 0 bridgehead atoms. The maximum atomic E-state index is 12.5. The summed E-state index contributed by atoms with van der Waals surface area (Å²) in [6.45, 7) is 0. The normalized spacial score (nSPS) is 25.1. The second-order valence-electron chi connectivity index (χ2n) is 5.51. The Morgan fingerprint density at radius 2 is 1.67 bits per heavy atom. The van der Waals surface area contributed by atoms with Gasteiger partial charge in [-0.2, -0.15) is 0 Å². The molecule has 2 fully saturated rings. The van der Waals surface area contributed by atoms with Gasteiger partial charge in [0.05, 0.1) is 23.1 Å². The van der Waals surface area contributed by atoms with Gasteiger partial charge in [-0.25, -0.2) is 9.69 Å². The summed E-state index contributed by atoms with van der Waals surface area (Å²) >= 11 is 5.91. The fraction of sp³-hybridized carbons (Fsp3) is 0.400. The third-order valence-corrected chi connectivity index (χ3v) is 4.45. The zero-order chi connectivity index (χ0) is 15.1. The number of hydrogen-bond acceptors (Lipinski definition) is 3. The van der Waals surface area contributed by atoms with Crippen molar-refractivity contribution in [3.8, 4) is 0 Å². The van der Waals surface area contributed by atoms with Gasteiger partial charge in [-0.05, 0) is 31.0 Å². The van der Waals surface area contributed by atoms with E-state index in [0.717, 1.165) is 30.6 Å². The van der Waals surface area contributed by atoms with Gasteiger partial charge >= 0.3 is 5.97 Å². The largest absolute Gasteiger partial charge is 0.478 e. The van der Waals surface area contributed by atoms with Gasteiger partial charge in [-0.3, -0.25) is 9.59 Å². The van der Waals surface area contributed by atoms with E-state index in [0.29, 0.717) is 0 Å². The summed E-state index contributed by atoms with van der Waals surface area (Å²) in [7, 11) is 0. The number of fused-ring (bicyclic) bond motifs is 1. The summed E-state index contributed by atoms with van der Waals surface area (Å²) in [5, 5.41) is 9.26. The van der Waals surface area contributed by atoms with Gasteiger partial charge in [0.25, 0.3) is 0 Å². The van der Waals surface area contributed by atoms with E-state index in [2.05, 4.69) is 0 Å². The number of anilines is 1. The molecular weight excluding hydrogens is 294 g/mol. The fourth-order valence-electron chi connectivity index (χ4n) is 3.24. The maximum absolute atomic E-state index is 12.5. The molecule has 1 N–H and O–H groups in total. The van der Waals surface area contributed by atoms with Crippen LogP contribution in [0.15, 0.2) is 18.2 Å². The Morgan fingerprint density at radius 1 is 1.10 bits per heavy atom. The monoisotopic (exact) mass is 307 g/mol. The van der Waals surface area contributed by atoms with E-state index in [1.807, 2.05) is 0 Å². The van der Waals surface area contributed by atoms with Gasteiger partial charge < -0.3 is 5.11 Å². The van der Waals surface area contributed by atoms with Gasteiger partial charge in [0.1, 0.15) is 0 Å². The van der Waals surface area contributed by atoms with Crippen LogP contribution in [0.2, 0.25) is 5.02 Å². The first kappa shape index (κ1) is 14.1. The third kappa shape index (κ3) is 2.31. The topological polar surface area (TPSA) is 74.7 Å². The second-order valence-corrected chi connectivity index (χ2v) is 5.95. The molecule has 1 aliphatic carbocycles. The van der Waals surface area contributed by atoms with Crippen molar-refractivity contribution in [2.75, 3.05) is 4.90 Å². The quantitative estimate of drug-likeness (QED) is 0.852. The number of halogens is 1. The van der Waals surface area contributed by atoms with Crippen molar-refractivity contribution < 1.29 is 19.5 Å². The average molecular weight is 308 g/mol. The minimum atomic E-state index is -1.14.